The van der Waals surface area contributed by atoms with Gasteiger partial charge in [-0.2, -0.15) is 0 Å². The molecular formula is C33H29N3O5S. The number of carboxylic acids is 1. The molecule has 212 valence electrons. The molecule has 4 aromatic rings. The lowest BCUT2D eigenvalue weighted by Gasteiger charge is -2.13. The lowest BCUT2D eigenvalue weighted by atomic mass is 10.1. The lowest BCUT2D eigenvalue weighted by Crippen LogP contribution is -2.30. The molecular weight excluding hydrogens is 550 g/mol. The molecule has 3 amide bonds. The molecule has 0 saturated carbocycles. The Hall–Kier alpha value is -5.15. The number of aromatic carboxylic acids is 1. The Labute approximate surface area is 247 Å². The van der Waals surface area contributed by atoms with Crippen molar-refractivity contribution in [2.75, 3.05) is 16.4 Å². The van der Waals surface area contributed by atoms with Crippen molar-refractivity contribution in [3.05, 3.63) is 131 Å². The van der Waals surface area contributed by atoms with E-state index in [9.17, 15) is 24.3 Å². The fourth-order valence-electron chi connectivity index (χ4n) is 3.96. The monoisotopic (exact) mass is 579 g/mol. The maximum absolute atomic E-state index is 13.3. The van der Waals surface area contributed by atoms with E-state index in [-0.39, 0.29) is 22.9 Å². The largest absolute Gasteiger partial charge is 0.478 e. The highest BCUT2D eigenvalue weighted by Gasteiger charge is 2.16. The zero-order chi connectivity index (χ0) is 30.1. The highest BCUT2D eigenvalue weighted by molar-refractivity contribution is 8.00. The van der Waals surface area contributed by atoms with Crippen LogP contribution in [0.25, 0.3) is 6.08 Å². The molecule has 42 heavy (non-hydrogen) atoms. The van der Waals surface area contributed by atoms with Gasteiger partial charge in [0, 0.05) is 21.8 Å². The van der Waals surface area contributed by atoms with E-state index in [2.05, 4.69) is 16.0 Å². The van der Waals surface area contributed by atoms with E-state index in [1.807, 2.05) is 37.3 Å². The Morgan fingerprint density at radius 2 is 1.55 bits per heavy atom. The number of hydrogen-bond donors (Lipinski definition) is 4. The second-order valence-corrected chi connectivity index (χ2v) is 10.5. The predicted molar refractivity (Wildman–Crippen MR) is 166 cm³/mol. The number of carboxylic acid groups (broad SMARTS) is 1. The molecule has 4 aromatic carbocycles. The summed E-state index contributed by atoms with van der Waals surface area (Å²) < 4.78 is 0. The summed E-state index contributed by atoms with van der Waals surface area (Å²) in [5.74, 6) is -2.22. The van der Waals surface area contributed by atoms with E-state index < -0.39 is 17.8 Å². The third kappa shape index (κ3) is 8.42. The van der Waals surface area contributed by atoms with Crippen LogP contribution in [0.5, 0.6) is 0 Å². The minimum absolute atomic E-state index is 0.0692. The summed E-state index contributed by atoms with van der Waals surface area (Å²) in [5, 5.41) is 17.5. The van der Waals surface area contributed by atoms with Crippen LogP contribution >= 0.6 is 11.8 Å². The minimum Gasteiger partial charge on any atom is -0.478 e. The number of nitrogens with one attached hydrogen (secondary N) is 3. The second-order valence-electron chi connectivity index (χ2n) is 9.45. The van der Waals surface area contributed by atoms with Crippen molar-refractivity contribution in [1.82, 2.24) is 5.32 Å². The first kappa shape index (κ1) is 29.8. The molecule has 0 aliphatic heterocycles. The van der Waals surface area contributed by atoms with Crippen LogP contribution in [0.2, 0.25) is 0 Å². The van der Waals surface area contributed by atoms with E-state index >= 15 is 0 Å². The van der Waals surface area contributed by atoms with Gasteiger partial charge in [-0.1, -0.05) is 60.2 Å². The number of rotatable bonds is 10. The van der Waals surface area contributed by atoms with E-state index in [0.29, 0.717) is 16.9 Å². The van der Waals surface area contributed by atoms with E-state index in [0.717, 1.165) is 21.6 Å². The van der Waals surface area contributed by atoms with Crippen molar-refractivity contribution in [3.63, 3.8) is 0 Å². The van der Waals surface area contributed by atoms with E-state index in [1.165, 1.54) is 23.9 Å². The zero-order valence-corrected chi connectivity index (χ0v) is 23.8. The number of benzene rings is 4. The van der Waals surface area contributed by atoms with Gasteiger partial charge in [-0.25, -0.2) is 4.79 Å². The minimum atomic E-state index is -1.07. The van der Waals surface area contributed by atoms with Crippen LogP contribution in [0, 0.1) is 13.8 Å². The molecule has 0 unspecified atom stereocenters. The Kier molecular flexibility index (Phi) is 9.91. The van der Waals surface area contributed by atoms with Crippen LogP contribution < -0.4 is 16.0 Å². The summed E-state index contributed by atoms with van der Waals surface area (Å²) in [6.45, 7) is 3.72. The number of thioether (sulfide) groups is 1. The Morgan fingerprint density at radius 1 is 0.786 bits per heavy atom. The molecule has 0 spiro atoms. The van der Waals surface area contributed by atoms with Gasteiger partial charge in [-0.15, -0.1) is 11.8 Å². The smallest absolute Gasteiger partial charge is 0.335 e. The summed E-state index contributed by atoms with van der Waals surface area (Å²) in [7, 11) is 0. The van der Waals surface area contributed by atoms with Crippen molar-refractivity contribution >= 4 is 52.9 Å². The average Bonchev–Trinajstić information content (AvgIpc) is 2.97. The molecule has 4 N–H and O–H groups in total. The number of amides is 3. The van der Waals surface area contributed by atoms with Gasteiger partial charge in [-0.05, 0) is 73.5 Å². The SMILES string of the molecule is Cc1cccc(/C=C(/NC(=O)c2ccccc2)C(=O)Nc2cccc(SCC(=O)Nc3cc(C(=O)O)ccc3C)c2)c1. The molecule has 0 atom stereocenters. The van der Waals surface area contributed by atoms with Gasteiger partial charge in [0.05, 0.1) is 11.3 Å². The fraction of sp³-hybridized carbons (Fsp3) is 0.0909. The number of carbonyl (C=O) groups is 4. The van der Waals surface area contributed by atoms with Crippen LogP contribution in [0.15, 0.2) is 108 Å². The van der Waals surface area contributed by atoms with Gasteiger partial charge in [0.1, 0.15) is 5.70 Å². The number of aryl methyl sites for hydroxylation is 2. The summed E-state index contributed by atoms with van der Waals surface area (Å²) in [4.78, 5) is 50.8. The maximum atomic E-state index is 13.3. The molecule has 0 fully saturated rings. The standard InChI is InChI=1S/C33H29N3O5S/c1-21-8-6-9-23(16-21)17-29(36-31(38)24-10-4-3-5-11-24)32(39)34-26-12-7-13-27(19-26)42-20-30(37)35-28-18-25(33(40)41)15-14-22(28)2/h3-19H,20H2,1-2H3,(H,34,39)(H,35,37)(H,36,38)(H,40,41)/b29-17+. The predicted octanol–water partition coefficient (Wildman–Crippen LogP) is 6.14. The van der Waals surface area contributed by atoms with Crippen molar-refractivity contribution in [2.24, 2.45) is 0 Å². The van der Waals surface area contributed by atoms with Crippen molar-refractivity contribution < 1.29 is 24.3 Å². The summed E-state index contributed by atoms with van der Waals surface area (Å²) in [5.41, 5.74) is 4.02. The van der Waals surface area contributed by atoms with E-state index in [4.69, 9.17) is 0 Å². The number of anilines is 2. The van der Waals surface area contributed by atoms with Gasteiger partial charge in [-0.3, -0.25) is 14.4 Å². The average molecular weight is 580 g/mol. The quantitative estimate of drug-likeness (QED) is 0.132. The first-order valence-electron chi connectivity index (χ1n) is 13.0. The number of hydrogen-bond acceptors (Lipinski definition) is 5. The van der Waals surface area contributed by atoms with Gasteiger partial charge in [0.2, 0.25) is 5.91 Å². The van der Waals surface area contributed by atoms with Crippen molar-refractivity contribution in [1.29, 1.82) is 0 Å². The van der Waals surface area contributed by atoms with Crippen LogP contribution in [-0.2, 0) is 9.59 Å². The molecule has 9 heteroatoms. The number of carbonyl (C=O) groups excluding carboxylic acids is 3. The summed E-state index contributed by atoms with van der Waals surface area (Å²) >= 11 is 1.26. The first-order chi connectivity index (χ1) is 20.2. The Balaban J connectivity index is 1.45. The molecule has 0 radical (unpaired) electrons. The molecule has 0 aromatic heterocycles. The highest BCUT2D eigenvalue weighted by atomic mass is 32.2. The van der Waals surface area contributed by atoms with E-state index in [1.54, 1.807) is 67.6 Å². The second kappa shape index (κ2) is 14.0. The summed E-state index contributed by atoms with van der Waals surface area (Å²) in [6.07, 6.45) is 1.62. The van der Waals surface area contributed by atoms with Gasteiger partial charge in [0.25, 0.3) is 11.8 Å². The Bertz CT molecular complexity index is 1670. The van der Waals surface area contributed by atoms with Crippen molar-refractivity contribution in [2.45, 2.75) is 18.7 Å². The lowest BCUT2D eigenvalue weighted by molar-refractivity contribution is -0.114. The zero-order valence-electron chi connectivity index (χ0n) is 23.0. The molecule has 0 heterocycles. The Morgan fingerprint density at radius 3 is 2.29 bits per heavy atom. The van der Waals surface area contributed by atoms with Gasteiger partial charge in [0.15, 0.2) is 0 Å². The molecule has 0 aliphatic carbocycles. The fourth-order valence-corrected chi connectivity index (χ4v) is 4.71. The van der Waals surface area contributed by atoms with Gasteiger partial charge < -0.3 is 21.1 Å². The highest BCUT2D eigenvalue weighted by Crippen LogP contribution is 2.23. The molecule has 0 aliphatic rings. The van der Waals surface area contributed by atoms with Gasteiger partial charge >= 0.3 is 5.97 Å². The first-order valence-corrected chi connectivity index (χ1v) is 14.0. The maximum Gasteiger partial charge on any atom is 0.335 e. The van der Waals surface area contributed by atoms with Crippen LogP contribution in [0.1, 0.15) is 37.4 Å². The van der Waals surface area contributed by atoms with Crippen LogP contribution in [0.4, 0.5) is 11.4 Å². The van der Waals surface area contributed by atoms with Crippen LogP contribution in [-0.4, -0.2) is 34.6 Å². The van der Waals surface area contributed by atoms with Crippen molar-refractivity contribution in [3.8, 4) is 0 Å². The third-order valence-electron chi connectivity index (χ3n) is 6.10. The molecule has 4 rings (SSSR count). The molecule has 0 bridgehead atoms. The molecule has 0 saturated heterocycles. The topological polar surface area (TPSA) is 125 Å². The normalized spacial score (nSPS) is 11.0. The summed E-state index contributed by atoms with van der Waals surface area (Å²) in [6, 6.07) is 27.8. The third-order valence-corrected chi connectivity index (χ3v) is 7.10. The molecule has 8 nitrogen and oxygen atoms in total. The van der Waals surface area contributed by atoms with Crippen LogP contribution in [0.3, 0.4) is 0 Å².